The third-order valence-corrected chi connectivity index (χ3v) is 2.10. The van der Waals surface area contributed by atoms with Crippen LogP contribution in [0, 0.1) is 0 Å². The molecule has 0 radical (unpaired) electrons. The standard InChI is InChI=1S/C11H16N2O3/c1-15-10-4-2-8(3-5-10)6-9(12)7-16-11(13)14/h2-5,9H,6-7,12H2,1H3,(H2,13,14). The van der Waals surface area contributed by atoms with Gasteiger partial charge in [-0.1, -0.05) is 12.1 Å². The van der Waals surface area contributed by atoms with Crippen LogP contribution in [-0.4, -0.2) is 25.9 Å². The zero-order chi connectivity index (χ0) is 12.0. The van der Waals surface area contributed by atoms with E-state index in [2.05, 4.69) is 4.74 Å². The Hall–Kier alpha value is -1.75. The number of amides is 1. The predicted molar refractivity (Wildman–Crippen MR) is 60.2 cm³/mol. The number of primary amides is 1. The molecule has 1 rings (SSSR count). The molecule has 1 aromatic rings. The zero-order valence-corrected chi connectivity index (χ0v) is 9.18. The predicted octanol–water partition coefficient (Wildman–Crippen LogP) is 0.660. The number of methoxy groups -OCH3 is 1. The van der Waals surface area contributed by atoms with Crippen molar-refractivity contribution in [2.45, 2.75) is 12.5 Å². The molecule has 0 spiro atoms. The summed E-state index contributed by atoms with van der Waals surface area (Å²) in [5, 5.41) is 0. The highest BCUT2D eigenvalue weighted by molar-refractivity contribution is 5.64. The van der Waals surface area contributed by atoms with Crippen molar-refractivity contribution in [2.75, 3.05) is 13.7 Å². The first kappa shape index (κ1) is 12.3. The summed E-state index contributed by atoms with van der Waals surface area (Å²) in [7, 11) is 1.61. The summed E-state index contributed by atoms with van der Waals surface area (Å²) in [5.41, 5.74) is 11.7. The molecule has 0 saturated carbocycles. The number of ether oxygens (including phenoxy) is 2. The average molecular weight is 224 g/mol. The first-order valence-electron chi connectivity index (χ1n) is 4.92. The Morgan fingerprint density at radius 1 is 1.38 bits per heavy atom. The molecular weight excluding hydrogens is 208 g/mol. The Labute approximate surface area is 94.3 Å². The van der Waals surface area contributed by atoms with Gasteiger partial charge in [-0.05, 0) is 24.1 Å². The van der Waals surface area contributed by atoms with Crippen molar-refractivity contribution in [3.8, 4) is 5.75 Å². The molecule has 0 aromatic heterocycles. The Morgan fingerprint density at radius 3 is 2.50 bits per heavy atom. The van der Waals surface area contributed by atoms with Crippen molar-refractivity contribution >= 4 is 6.09 Å². The summed E-state index contributed by atoms with van der Waals surface area (Å²) >= 11 is 0. The van der Waals surface area contributed by atoms with Crippen LogP contribution >= 0.6 is 0 Å². The van der Waals surface area contributed by atoms with Crippen molar-refractivity contribution in [1.29, 1.82) is 0 Å². The van der Waals surface area contributed by atoms with Gasteiger partial charge in [-0.2, -0.15) is 0 Å². The maximum absolute atomic E-state index is 10.4. The molecule has 16 heavy (non-hydrogen) atoms. The first-order valence-corrected chi connectivity index (χ1v) is 4.92. The molecule has 4 N–H and O–H groups in total. The van der Waals surface area contributed by atoms with Crippen LogP contribution in [-0.2, 0) is 11.2 Å². The number of rotatable bonds is 5. The van der Waals surface area contributed by atoms with Gasteiger partial charge in [-0.25, -0.2) is 4.79 Å². The van der Waals surface area contributed by atoms with Gasteiger partial charge in [0.2, 0.25) is 0 Å². The molecule has 1 amide bonds. The van der Waals surface area contributed by atoms with Gasteiger partial charge in [0, 0.05) is 6.04 Å². The van der Waals surface area contributed by atoms with Crippen LogP contribution in [0.4, 0.5) is 4.79 Å². The highest BCUT2D eigenvalue weighted by Crippen LogP contribution is 2.12. The molecule has 0 bridgehead atoms. The fourth-order valence-corrected chi connectivity index (χ4v) is 1.31. The fraction of sp³-hybridized carbons (Fsp3) is 0.364. The summed E-state index contributed by atoms with van der Waals surface area (Å²) in [6.45, 7) is 0.126. The molecule has 0 heterocycles. The van der Waals surface area contributed by atoms with Gasteiger partial charge in [0.05, 0.1) is 7.11 Å². The van der Waals surface area contributed by atoms with Gasteiger partial charge in [0.25, 0.3) is 0 Å². The Morgan fingerprint density at radius 2 is 2.00 bits per heavy atom. The second-order valence-electron chi connectivity index (χ2n) is 3.44. The molecule has 5 heteroatoms. The molecule has 0 aliphatic carbocycles. The molecule has 0 saturated heterocycles. The summed E-state index contributed by atoms with van der Waals surface area (Å²) in [6.07, 6.45) is -0.178. The molecule has 1 aromatic carbocycles. The Bertz CT molecular complexity index is 338. The van der Waals surface area contributed by atoms with Crippen LogP contribution in [0.25, 0.3) is 0 Å². The summed E-state index contributed by atoms with van der Waals surface area (Å²) in [4.78, 5) is 10.4. The maximum atomic E-state index is 10.4. The number of hydrogen-bond acceptors (Lipinski definition) is 4. The third kappa shape index (κ3) is 4.18. The lowest BCUT2D eigenvalue weighted by molar-refractivity contribution is 0.149. The van der Waals surface area contributed by atoms with Gasteiger partial charge in [-0.3, -0.25) is 0 Å². The first-order chi connectivity index (χ1) is 7.61. The van der Waals surface area contributed by atoms with E-state index < -0.39 is 6.09 Å². The highest BCUT2D eigenvalue weighted by Gasteiger charge is 2.06. The summed E-state index contributed by atoms with van der Waals surface area (Å²) in [5.74, 6) is 0.797. The van der Waals surface area contributed by atoms with Crippen molar-refractivity contribution in [3.05, 3.63) is 29.8 Å². The quantitative estimate of drug-likeness (QED) is 0.769. The normalized spacial score (nSPS) is 11.9. The second kappa shape index (κ2) is 5.97. The van der Waals surface area contributed by atoms with Crippen LogP contribution in [0.3, 0.4) is 0 Å². The number of carbonyl (C=O) groups is 1. The molecule has 0 aliphatic rings. The van der Waals surface area contributed by atoms with E-state index in [9.17, 15) is 4.79 Å². The number of carbonyl (C=O) groups excluding carboxylic acids is 1. The third-order valence-electron chi connectivity index (χ3n) is 2.10. The van der Waals surface area contributed by atoms with Gasteiger partial charge in [0.1, 0.15) is 12.4 Å². The lowest BCUT2D eigenvalue weighted by Gasteiger charge is -2.11. The van der Waals surface area contributed by atoms with Crippen LogP contribution in [0.15, 0.2) is 24.3 Å². The van der Waals surface area contributed by atoms with E-state index in [0.29, 0.717) is 6.42 Å². The monoisotopic (exact) mass is 224 g/mol. The van der Waals surface area contributed by atoms with Crippen LogP contribution in [0.2, 0.25) is 0 Å². The van der Waals surface area contributed by atoms with Crippen molar-refractivity contribution in [3.63, 3.8) is 0 Å². The molecule has 0 aliphatic heterocycles. The van der Waals surface area contributed by atoms with Crippen LogP contribution in [0.1, 0.15) is 5.56 Å². The number of nitrogens with two attached hydrogens (primary N) is 2. The zero-order valence-electron chi connectivity index (χ0n) is 9.18. The largest absolute Gasteiger partial charge is 0.497 e. The lowest BCUT2D eigenvalue weighted by Crippen LogP contribution is -2.31. The van der Waals surface area contributed by atoms with Gasteiger partial charge >= 0.3 is 6.09 Å². The number of benzene rings is 1. The van der Waals surface area contributed by atoms with E-state index in [-0.39, 0.29) is 12.6 Å². The van der Waals surface area contributed by atoms with Crippen molar-refractivity contribution < 1.29 is 14.3 Å². The Balaban J connectivity index is 2.43. The summed E-state index contributed by atoms with van der Waals surface area (Å²) < 4.78 is 9.65. The molecule has 1 atom stereocenters. The van der Waals surface area contributed by atoms with E-state index in [1.165, 1.54) is 0 Å². The second-order valence-corrected chi connectivity index (χ2v) is 3.44. The minimum atomic E-state index is -0.801. The molecular formula is C11H16N2O3. The highest BCUT2D eigenvalue weighted by atomic mass is 16.5. The van der Waals surface area contributed by atoms with E-state index in [0.717, 1.165) is 11.3 Å². The van der Waals surface area contributed by atoms with Crippen LogP contribution < -0.4 is 16.2 Å². The van der Waals surface area contributed by atoms with Crippen LogP contribution in [0.5, 0.6) is 5.75 Å². The topological polar surface area (TPSA) is 87.6 Å². The maximum Gasteiger partial charge on any atom is 0.404 e. The average Bonchev–Trinajstić information content (AvgIpc) is 2.27. The van der Waals surface area contributed by atoms with E-state index >= 15 is 0 Å². The summed E-state index contributed by atoms with van der Waals surface area (Å²) in [6, 6.07) is 7.31. The van der Waals surface area contributed by atoms with Gasteiger partial charge < -0.3 is 20.9 Å². The van der Waals surface area contributed by atoms with E-state index in [4.69, 9.17) is 16.2 Å². The molecule has 0 fully saturated rings. The molecule has 1 unspecified atom stereocenters. The Kier molecular flexibility index (Phi) is 4.60. The fourth-order valence-electron chi connectivity index (χ4n) is 1.31. The SMILES string of the molecule is COc1ccc(CC(N)COC(N)=O)cc1. The molecule has 5 nitrogen and oxygen atoms in total. The van der Waals surface area contributed by atoms with Gasteiger partial charge in [0.15, 0.2) is 0 Å². The minimum absolute atomic E-state index is 0.126. The number of hydrogen-bond donors (Lipinski definition) is 2. The molecule has 88 valence electrons. The van der Waals surface area contributed by atoms with Crippen molar-refractivity contribution in [1.82, 2.24) is 0 Å². The lowest BCUT2D eigenvalue weighted by atomic mass is 10.1. The minimum Gasteiger partial charge on any atom is -0.497 e. The van der Waals surface area contributed by atoms with Gasteiger partial charge in [-0.15, -0.1) is 0 Å². The van der Waals surface area contributed by atoms with Crippen molar-refractivity contribution in [2.24, 2.45) is 11.5 Å². The van der Waals surface area contributed by atoms with E-state index in [1.54, 1.807) is 7.11 Å². The smallest absolute Gasteiger partial charge is 0.404 e. The van der Waals surface area contributed by atoms with E-state index in [1.807, 2.05) is 24.3 Å².